The Bertz CT molecular complexity index is 1070. The fourth-order valence-corrected chi connectivity index (χ4v) is 4.00. The van der Waals surface area contributed by atoms with Gasteiger partial charge in [0.25, 0.3) is 0 Å². The number of carboxylic acids is 1. The van der Waals surface area contributed by atoms with E-state index in [1.165, 1.54) is 0 Å². The maximum absolute atomic E-state index is 13.5. The number of aliphatic imine (C=N–C) groups is 2. The number of carbonyl (C=O) groups excluding carboxylic acids is 3. The highest BCUT2D eigenvalue weighted by atomic mass is 16.4. The minimum Gasteiger partial charge on any atom is -0.480 e. The molecule has 0 unspecified atom stereocenters. The first kappa shape index (κ1) is 35.6. The standard InChI is InChI=1S/C27H46N10O5/c1-16(2)14-20(23(39)35-19(25(41)42)11-7-13-34-27(31)32)37-24(40)21(15-17-8-4-3-5-9-17)36-22(38)18(28)10-6-12-33-26(29)30/h3-5,8-9,16,18-21H,6-7,10-15,28H2,1-2H3,(H,35,39)(H,36,38)(H,37,40)(H,41,42)(H4,29,30,33)(H4,31,32,34)/t18-,19-,20-,21-/m0/s1. The third-order valence-corrected chi connectivity index (χ3v) is 6.12. The number of guanidine groups is 2. The van der Waals surface area contributed by atoms with Crippen molar-refractivity contribution in [2.75, 3.05) is 13.1 Å². The molecule has 0 saturated carbocycles. The summed E-state index contributed by atoms with van der Waals surface area (Å²) >= 11 is 0. The Morgan fingerprint density at radius 3 is 1.79 bits per heavy atom. The van der Waals surface area contributed by atoms with Crippen LogP contribution in [0.25, 0.3) is 0 Å². The first-order chi connectivity index (χ1) is 19.8. The second-order valence-corrected chi connectivity index (χ2v) is 10.3. The van der Waals surface area contributed by atoms with Gasteiger partial charge in [-0.3, -0.25) is 24.4 Å². The highest BCUT2D eigenvalue weighted by Gasteiger charge is 2.30. The summed E-state index contributed by atoms with van der Waals surface area (Å²) in [5, 5.41) is 17.5. The van der Waals surface area contributed by atoms with Gasteiger partial charge >= 0.3 is 5.97 Å². The maximum atomic E-state index is 13.5. The Morgan fingerprint density at radius 1 is 0.762 bits per heavy atom. The Hall–Kier alpha value is -4.40. The molecule has 0 spiro atoms. The first-order valence-electron chi connectivity index (χ1n) is 13.8. The quantitative estimate of drug-likeness (QED) is 0.0497. The van der Waals surface area contributed by atoms with Gasteiger partial charge in [0.2, 0.25) is 17.7 Å². The van der Waals surface area contributed by atoms with Crippen LogP contribution < -0.4 is 44.6 Å². The number of hydrogen-bond donors (Lipinski definition) is 9. The zero-order valence-electron chi connectivity index (χ0n) is 24.3. The van der Waals surface area contributed by atoms with Crippen LogP contribution in [0.1, 0.15) is 51.5 Å². The summed E-state index contributed by atoms with van der Waals surface area (Å²) in [4.78, 5) is 59.0. The van der Waals surface area contributed by atoms with Crippen molar-refractivity contribution in [1.82, 2.24) is 16.0 Å². The van der Waals surface area contributed by atoms with E-state index in [4.69, 9.17) is 28.7 Å². The zero-order chi connectivity index (χ0) is 31.7. The summed E-state index contributed by atoms with van der Waals surface area (Å²) in [5.74, 6) is -3.25. The zero-order valence-corrected chi connectivity index (χ0v) is 24.3. The van der Waals surface area contributed by atoms with E-state index in [2.05, 4.69) is 25.9 Å². The lowest BCUT2D eigenvalue weighted by Crippen LogP contribution is -2.57. The molecule has 0 heterocycles. The van der Waals surface area contributed by atoms with Crippen molar-refractivity contribution < 1.29 is 24.3 Å². The number of carbonyl (C=O) groups is 4. The van der Waals surface area contributed by atoms with Crippen molar-refractivity contribution in [2.24, 2.45) is 44.6 Å². The molecule has 15 nitrogen and oxygen atoms in total. The van der Waals surface area contributed by atoms with E-state index in [1.54, 1.807) is 24.3 Å². The van der Waals surface area contributed by atoms with Crippen molar-refractivity contribution in [2.45, 2.75) is 76.5 Å². The predicted octanol–water partition coefficient (Wildman–Crippen LogP) is -1.75. The van der Waals surface area contributed by atoms with Crippen LogP contribution in [-0.4, -0.2) is 78.0 Å². The van der Waals surface area contributed by atoms with Crippen LogP contribution >= 0.6 is 0 Å². The molecule has 15 heteroatoms. The third-order valence-electron chi connectivity index (χ3n) is 6.12. The number of rotatable bonds is 19. The Balaban J connectivity index is 3.03. The SMILES string of the molecule is CC(C)C[C@H](NC(=O)[C@H](Cc1ccccc1)NC(=O)[C@@H](N)CCCN=C(N)N)C(=O)N[C@@H](CCCN=C(N)N)C(=O)O. The van der Waals surface area contributed by atoms with Crippen LogP contribution in [0.2, 0.25) is 0 Å². The van der Waals surface area contributed by atoms with E-state index in [-0.39, 0.29) is 50.1 Å². The molecule has 42 heavy (non-hydrogen) atoms. The fourth-order valence-electron chi connectivity index (χ4n) is 4.00. The smallest absolute Gasteiger partial charge is 0.326 e. The topological polar surface area (TPSA) is 279 Å². The summed E-state index contributed by atoms with van der Waals surface area (Å²) in [7, 11) is 0. The average molecular weight is 591 g/mol. The van der Waals surface area contributed by atoms with E-state index in [0.29, 0.717) is 19.4 Å². The lowest BCUT2D eigenvalue weighted by atomic mass is 10.00. The Morgan fingerprint density at radius 2 is 1.26 bits per heavy atom. The summed E-state index contributed by atoms with van der Waals surface area (Å²) in [5.41, 5.74) is 28.0. The second kappa shape index (κ2) is 18.9. The van der Waals surface area contributed by atoms with Gasteiger partial charge in [0.15, 0.2) is 11.9 Å². The van der Waals surface area contributed by atoms with Crippen molar-refractivity contribution in [3.8, 4) is 0 Å². The van der Waals surface area contributed by atoms with Gasteiger partial charge in [0, 0.05) is 19.5 Å². The van der Waals surface area contributed by atoms with Crippen LogP contribution in [-0.2, 0) is 25.6 Å². The number of nitrogens with two attached hydrogens (primary N) is 5. The number of hydrogen-bond acceptors (Lipinski definition) is 7. The van der Waals surface area contributed by atoms with Gasteiger partial charge < -0.3 is 49.7 Å². The summed E-state index contributed by atoms with van der Waals surface area (Å²) in [6.45, 7) is 4.22. The lowest BCUT2D eigenvalue weighted by Gasteiger charge is -2.26. The molecule has 0 aliphatic heterocycles. The number of carboxylic acid groups (broad SMARTS) is 1. The number of nitrogens with zero attached hydrogens (tertiary/aromatic N) is 2. The Labute approximate surface area is 246 Å². The van der Waals surface area contributed by atoms with Gasteiger partial charge in [0.05, 0.1) is 6.04 Å². The van der Waals surface area contributed by atoms with Crippen molar-refractivity contribution in [3.63, 3.8) is 0 Å². The molecule has 0 fully saturated rings. The van der Waals surface area contributed by atoms with Crippen LogP contribution in [0, 0.1) is 5.92 Å². The monoisotopic (exact) mass is 590 g/mol. The predicted molar refractivity (Wildman–Crippen MR) is 161 cm³/mol. The van der Waals surface area contributed by atoms with Crippen molar-refractivity contribution in [1.29, 1.82) is 0 Å². The van der Waals surface area contributed by atoms with E-state index in [1.807, 2.05) is 19.9 Å². The minimum atomic E-state index is -1.23. The molecule has 0 aliphatic carbocycles. The number of nitrogens with one attached hydrogen (secondary N) is 3. The molecule has 234 valence electrons. The van der Waals surface area contributed by atoms with Gasteiger partial charge in [0.1, 0.15) is 18.1 Å². The highest BCUT2D eigenvalue weighted by Crippen LogP contribution is 2.10. The maximum Gasteiger partial charge on any atom is 0.326 e. The van der Waals surface area contributed by atoms with Gasteiger partial charge in [-0.15, -0.1) is 0 Å². The molecule has 0 bridgehead atoms. The fraction of sp³-hybridized carbons (Fsp3) is 0.556. The molecule has 1 aromatic rings. The second-order valence-electron chi connectivity index (χ2n) is 10.3. The van der Waals surface area contributed by atoms with Crippen molar-refractivity contribution in [3.05, 3.63) is 35.9 Å². The molecule has 0 saturated heterocycles. The van der Waals surface area contributed by atoms with Gasteiger partial charge in [-0.25, -0.2) is 4.79 Å². The van der Waals surface area contributed by atoms with Crippen LogP contribution in [0.15, 0.2) is 40.3 Å². The number of amides is 3. The van der Waals surface area contributed by atoms with Gasteiger partial charge in [-0.1, -0.05) is 44.2 Å². The Kier molecular flexibility index (Phi) is 16.0. The molecule has 0 radical (unpaired) electrons. The molecule has 0 aliphatic rings. The summed E-state index contributed by atoms with van der Waals surface area (Å²) in [6.07, 6.45) is 1.49. The normalized spacial score (nSPS) is 13.6. The highest BCUT2D eigenvalue weighted by molar-refractivity contribution is 5.94. The van der Waals surface area contributed by atoms with Crippen molar-refractivity contribution >= 4 is 35.6 Å². The summed E-state index contributed by atoms with van der Waals surface area (Å²) < 4.78 is 0. The number of benzene rings is 1. The number of aliphatic carboxylic acids is 1. The first-order valence-corrected chi connectivity index (χ1v) is 13.8. The average Bonchev–Trinajstić information content (AvgIpc) is 2.91. The molecule has 14 N–H and O–H groups in total. The molecular formula is C27H46N10O5. The minimum absolute atomic E-state index is 0.0213. The molecule has 1 rings (SSSR count). The molecule has 4 atom stereocenters. The van der Waals surface area contributed by atoms with Gasteiger partial charge in [-0.2, -0.15) is 0 Å². The molecule has 1 aromatic carbocycles. The largest absolute Gasteiger partial charge is 0.480 e. The van der Waals surface area contributed by atoms with Crippen LogP contribution in [0.4, 0.5) is 0 Å². The van der Waals surface area contributed by atoms with E-state index < -0.39 is 47.9 Å². The van der Waals surface area contributed by atoms with Crippen LogP contribution in [0.5, 0.6) is 0 Å². The van der Waals surface area contributed by atoms with Gasteiger partial charge in [-0.05, 0) is 43.6 Å². The van der Waals surface area contributed by atoms with E-state index in [9.17, 15) is 24.3 Å². The molecule has 3 amide bonds. The van der Waals surface area contributed by atoms with Crippen LogP contribution in [0.3, 0.4) is 0 Å². The summed E-state index contributed by atoms with van der Waals surface area (Å²) in [6, 6.07) is 4.79. The van der Waals surface area contributed by atoms with E-state index in [0.717, 1.165) is 5.56 Å². The van der Waals surface area contributed by atoms with E-state index >= 15 is 0 Å². The third kappa shape index (κ3) is 14.8. The lowest BCUT2D eigenvalue weighted by molar-refractivity contribution is -0.142. The molecule has 0 aromatic heterocycles. The molecular weight excluding hydrogens is 544 g/mol.